The summed E-state index contributed by atoms with van der Waals surface area (Å²) in [5, 5.41) is 3.60. The first-order chi connectivity index (χ1) is 7.04. The second-order valence-corrected chi connectivity index (χ2v) is 5.35. The molecule has 0 spiro atoms. The van der Waals surface area contributed by atoms with Gasteiger partial charge in [0.05, 0.1) is 0 Å². The number of piperazine rings is 1. The summed E-state index contributed by atoms with van der Waals surface area (Å²) in [5.41, 5.74) is 0.356. The van der Waals surface area contributed by atoms with Gasteiger partial charge in [-0.25, -0.2) is 0 Å². The molecule has 0 aromatic rings. The van der Waals surface area contributed by atoms with Crippen LogP contribution in [0.3, 0.4) is 0 Å². The van der Waals surface area contributed by atoms with Gasteiger partial charge in [0, 0.05) is 38.6 Å². The minimum absolute atomic E-state index is 0.356. The zero-order valence-electron chi connectivity index (χ0n) is 10.6. The smallest absolute Gasteiger partial charge is 0.0244 e. The Morgan fingerprint density at radius 2 is 2.13 bits per heavy atom. The Hall–Kier alpha value is -0.520. The molecule has 1 aliphatic rings. The molecule has 1 saturated heterocycles. The summed E-state index contributed by atoms with van der Waals surface area (Å²) >= 11 is 0. The van der Waals surface area contributed by atoms with Gasteiger partial charge in [-0.1, -0.05) is 20.8 Å². The lowest BCUT2D eigenvalue weighted by Crippen LogP contribution is -2.55. The lowest BCUT2D eigenvalue weighted by Gasteiger charge is -2.40. The van der Waals surface area contributed by atoms with Gasteiger partial charge < -0.3 is 5.32 Å². The van der Waals surface area contributed by atoms with Crippen LogP contribution in [0, 0.1) is 17.3 Å². The van der Waals surface area contributed by atoms with E-state index in [1.165, 1.54) is 0 Å². The molecule has 1 heterocycles. The van der Waals surface area contributed by atoms with Crippen LogP contribution in [-0.4, -0.2) is 37.1 Å². The van der Waals surface area contributed by atoms with Crippen LogP contribution in [0.2, 0.25) is 0 Å². The topological polar surface area (TPSA) is 15.3 Å². The predicted molar refractivity (Wildman–Crippen MR) is 65.8 cm³/mol. The first-order valence-corrected chi connectivity index (χ1v) is 5.89. The minimum Gasteiger partial charge on any atom is -0.311 e. The molecule has 1 aliphatic heterocycles. The van der Waals surface area contributed by atoms with E-state index in [9.17, 15) is 0 Å². The zero-order valence-corrected chi connectivity index (χ0v) is 10.6. The van der Waals surface area contributed by atoms with E-state index in [-0.39, 0.29) is 0 Å². The van der Waals surface area contributed by atoms with Gasteiger partial charge in [-0.15, -0.1) is 11.8 Å². The number of nitrogens with one attached hydrogen (secondary N) is 1. The van der Waals surface area contributed by atoms with Crippen molar-refractivity contribution >= 4 is 0 Å². The molecule has 1 fully saturated rings. The number of hydrogen-bond acceptors (Lipinski definition) is 2. The van der Waals surface area contributed by atoms with Crippen LogP contribution in [0.4, 0.5) is 0 Å². The van der Waals surface area contributed by atoms with Crippen LogP contribution >= 0.6 is 0 Å². The quantitative estimate of drug-likeness (QED) is 0.695. The fourth-order valence-corrected chi connectivity index (χ4v) is 1.93. The molecule has 1 N–H and O–H groups in total. The van der Waals surface area contributed by atoms with Gasteiger partial charge >= 0.3 is 0 Å². The van der Waals surface area contributed by atoms with Gasteiger partial charge in [0.1, 0.15) is 0 Å². The molecule has 0 aliphatic carbocycles. The van der Waals surface area contributed by atoms with Crippen LogP contribution in [0.25, 0.3) is 0 Å². The molecule has 0 aromatic heterocycles. The van der Waals surface area contributed by atoms with Crippen molar-refractivity contribution in [1.29, 1.82) is 0 Å². The summed E-state index contributed by atoms with van der Waals surface area (Å²) < 4.78 is 0. The highest BCUT2D eigenvalue weighted by Crippen LogP contribution is 2.21. The number of rotatable bonds is 2. The van der Waals surface area contributed by atoms with Gasteiger partial charge in [0.25, 0.3) is 0 Å². The maximum absolute atomic E-state index is 3.60. The maximum atomic E-state index is 3.60. The normalized spacial score (nSPS) is 23.3. The Kier molecular flexibility index (Phi) is 4.63. The van der Waals surface area contributed by atoms with Gasteiger partial charge in [-0.3, -0.25) is 4.90 Å². The summed E-state index contributed by atoms with van der Waals surface area (Å²) in [4.78, 5) is 2.52. The van der Waals surface area contributed by atoms with Crippen molar-refractivity contribution in [3.63, 3.8) is 0 Å². The third-order valence-corrected chi connectivity index (χ3v) is 3.03. The molecule has 0 radical (unpaired) electrons. The monoisotopic (exact) mass is 208 g/mol. The van der Waals surface area contributed by atoms with E-state index in [4.69, 9.17) is 0 Å². The predicted octanol–water partition coefficient (Wildman–Crippen LogP) is 1.72. The summed E-state index contributed by atoms with van der Waals surface area (Å²) in [6.07, 6.45) is 1.01. The Morgan fingerprint density at radius 3 is 2.73 bits per heavy atom. The minimum atomic E-state index is 0.356. The fraction of sp³-hybridized carbons (Fsp3) is 0.846. The lowest BCUT2D eigenvalue weighted by molar-refractivity contribution is 0.136. The van der Waals surface area contributed by atoms with Crippen LogP contribution in [0.1, 0.15) is 34.1 Å². The average Bonchev–Trinajstić information content (AvgIpc) is 2.17. The van der Waals surface area contributed by atoms with Crippen LogP contribution < -0.4 is 5.32 Å². The molecule has 0 aromatic carbocycles. The van der Waals surface area contributed by atoms with Gasteiger partial charge in [-0.05, 0) is 12.3 Å². The Balaban J connectivity index is 2.38. The Labute approximate surface area is 94.4 Å². The fourth-order valence-electron chi connectivity index (χ4n) is 1.93. The zero-order chi connectivity index (χ0) is 11.3. The lowest BCUT2D eigenvalue weighted by atomic mass is 9.85. The van der Waals surface area contributed by atoms with Crippen molar-refractivity contribution in [2.24, 2.45) is 5.41 Å². The van der Waals surface area contributed by atoms with E-state index in [2.05, 4.69) is 42.8 Å². The van der Waals surface area contributed by atoms with E-state index in [1.54, 1.807) is 0 Å². The van der Waals surface area contributed by atoms with Crippen molar-refractivity contribution < 1.29 is 0 Å². The summed E-state index contributed by atoms with van der Waals surface area (Å²) in [6, 6.07) is 0.612. The molecule has 2 nitrogen and oxygen atoms in total. The first kappa shape index (κ1) is 12.5. The number of hydrogen-bond donors (Lipinski definition) is 1. The third kappa shape index (κ3) is 4.24. The Bertz CT molecular complexity index is 241. The summed E-state index contributed by atoms with van der Waals surface area (Å²) in [6.45, 7) is 13.4. The molecular weight excluding hydrogens is 184 g/mol. The highest BCUT2D eigenvalue weighted by molar-refractivity contribution is 4.96. The molecular formula is C13H24N2. The van der Waals surface area contributed by atoms with Gasteiger partial charge in [0.2, 0.25) is 0 Å². The van der Waals surface area contributed by atoms with Crippen molar-refractivity contribution in [1.82, 2.24) is 10.2 Å². The number of nitrogens with zero attached hydrogens (tertiary/aromatic N) is 1. The largest absolute Gasteiger partial charge is 0.311 e. The summed E-state index contributed by atoms with van der Waals surface area (Å²) in [5.74, 6) is 6.09. The molecule has 1 unspecified atom stereocenters. The van der Waals surface area contributed by atoms with Crippen LogP contribution in [-0.2, 0) is 0 Å². The standard InChI is InChI=1S/C13H24N2/c1-5-6-7-9-15-10-8-14-12(11-15)13(2,3)4/h12,14H,7-11H2,1-4H3. The van der Waals surface area contributed by atoms with Crippen molar-refractivity contribution in [2.75, 3.05) is 26.2 Å². The molecule has 15 heavy (non-hydrogen) atoms. The second kappa shape index (κ2) is 5.53. The molecule has 1 rings (SSSR count). The van der Waals surface area contributed by atoms with E-state index in [0.717, 1.165) is 32.6 Å². The van der Waals surface area contributed by atoms with Crippen molar-refractivity contribution in [2.45, 2.75) is 40.2 Å². The molecule has 0 saturated carbocycles. The molecule has 2 heteroatoms. The SMILES string of the molecule is CC#CCCN1CCNC(C(C)(C)C)C1. The molecule has 86 valence electrons. The third-order valence-electron chi connectivity index (χ3n) is 3.03. The molecule has 1 atom stereocenters. The second-order valence-electron chi connectivity index (χ2n) is 5.35. The van der Waals surface area contributed by atoms with Crippen molar-refractivity contribution in [3.8, 4) is 11.8 Å². The molecule has 0 bridgehead atoms. The summed E-state index contributed by atoms with van der Waals surface area (Å²) in [7, 11) is 0. The van der Waals surface area contributed by atoms with E-state index in [1.807, 2.05) is 6.92 Å². The average molecular weight is 208 g/mol. The molecule has 0 amide bonds. The first-order valence-electron chi connectivity index (χ1n) is 5.89. The van der Waals surface area contributed by atoms with Crippen molar-refractivity contribution in [3.05, 3.63) is 0 Å². The van der Waals surface area contributed by atoms with E-state index >= 15 is 0 Å². The highest BCUT2D eigenvalue weighted by Gasteiger charge is 2.28. The van der Waals surface area contributed by atoms with E-state index in [0.29, 0.717) is 11.5 Å². The Morgan fingerprint density at radius 1 is 1.40 bits per heavy atom. The highest BCUT2D eigenvalue weighted by atomic mass is 15.2. The maximum Gasteiger partial charge on any atom is 0.0244 e. The van der Waals surface area contributed by atoms with Gasteiger partial charge in [0.15, 0.2) is 0 Å². The van der Waals surface area contributed by atoms with Crippen LogP contribution in [0.15, 0.2) is 0 Å². The van der Waals surface area contributed by atoms with Crippen LogP contribution in [0.5, 0.6) is 0 Å². The van der Waals surface area contributed by atoms with E-state index < -0.39 is 0 Å². The van der Waals surface area contributed by atoms with Gasteiger partial charge in [-0.2, -0.15) is 0 Å².